The van der Waals surface area contributed by atoms with Gasteiger partial charge in [0.2, 0.25) is 0 Å². The fourth-order valence-corrected chi connectivity index (χ4v) is 3.75. The van der Waals surface area contributed by atoms with Crippen LogP contribution < -0.4 is 15.4 Å². The lowest BCUT2D eigenvalue weighted by molar-refractivity contribution is 0.0945. The van der Waals surface area contributed by atoms with E-state index in [1.807, 2.05) is 19.0 Å². The lowest BCUT2D eigenvalue weighted by Gasteiger charge is -2.11. The number of benzene rings is 2. The second kappa shape index (κ2) is 12.5. The summed E-state index contributed by atoms with van der Waals surface area (Å²) in [6, 6.07) is 12.2. The number of nitrogens with zero attached hydrogens (tertiary/aromatic N) is 3. The number of oxazole rings is 1. The molecular weight excluding hydrogens is 528 g/mol. The van der Waals surface area contributed by atoms with Gasteiger partial charge in [-0.1, -0.05) is 11.8 Å². The van der Waals surface area contributed by atoms with E-state index in [4.69, 9.17) is 9.15 Å². The first-order valence-electron chi connectivity index (χ1n) is 11.7. The number of pyridine rings is 1. The Hall–Kier alpha value is -4.29. The van der Waals surface area contributed by atoms with Gasteiger partial charge in [-0.2, -0.15) is 4.98 Å². The number of aromatic nitrogens is 2. The quantitative estimate of drug-likeness (QED) is 0.262. The van der Waals surface area contributed by atoms with Crippen molar-refractivity contribution in [1.82, 2.24) is 20.2 Å². The van der Waals surface area contributed by atoms with Gasteiger partial charge in [-0.05, 0) is 62.8 Å². The van der Waals surface area contributed by atoms with Crippen molar-refractivity contribution in [2.24, 2.45) is 0 Å². The molecule has 0 aliphatic heterocycles. The molecule has 2 aromatic carbocycles. The summed E-state index contributed by atoms with van der Waals surface area (Å²) in [5.41, 5.74) is 0.719. The number of carbonyl (C=O) groups excluding carboxylic acids is 2. The summed E-state index contributed by atoms with van der Waals surface area (Å²) >= 11 is 1.20. The van der Waals surface area contributed by atoms with Crippen molar-refractivity contribution in [3.8, 4) is 22.8 Å². The van der Waals surface area contributed by atoms with Crippen LogP contribution >= 0.6 is 11.8 Å². The van der Waals surface area contributed by atoms with Crippen LogP contribution in [0.3, 0.4) is 0 Å². The van der Waals surface area contributed by atoms with Gasteiger partial charge in [0, 0.05) is 42.7 Å². The lowest BCUT2D eigenvalue weighted by Crippen LogP contribution is -2.31. The number of hydrogen-bond donors (Lipinski definition) is 2. The van der Waals surface area contributed by atoms with Gasteiger partial charge in [0.05, 0.1) is 0 Å². The minimum absolute atomic E-state index is 0.0279. The number of halogens is 2. The summed E-state index contributed by atoms with van der Waals surface area (Å²) in [5, 5.41) is 5.59. The van der Waals surface area contributed by atoms with Crippen molar-refractivity contribution < 1.29 is 27.5 Å². The summed E-state index contributed by atoms with van der Waals surface area (Å²) < 4.78 is 39.5. The van der Waals surface area contributed by atoms with Gasteiger partial charge in [-0.15, -0.1) is 0 Å². The van der Waals surface area contributed by atoms with Gasteiger partial charge in [-0.3, -0.25) is 14.6 Å². The highest BCUT2D eigenvalue weighted by Crippen LogP contribution is 2.31. The van der Waals surface area contributed by atoms with Gasteiger partial charge in [0.1, 0.15) is 17.3 Å². The van der Waals surface area contributed by atoms with Crippen LogP contribution in [-0.4, -0.2) is 60.1 Å². The first kappa shape index (κ1) is 27.7. The molecule has 2 aromatic heterocycles. The molecule has 0 fully saturated rings. The number of carbonyl (C=O) groups is 2. The fourth-order valence-electron chi connectivity index (χ4n) is 3.40. The molecule has 0 aliphatic carbocycles. The predicted octanol–water partition coefficient (Wildman–Crippen LogP) is 5.07. The number of likely N-dealkylation sites (N-methyl/N-ethyl adjacent to an activating group) is 1. The molecule has 0 atom stereocenters. The number of rotatable bonds is 10. The Kier molecular flexibility index (Phi) is 8.89. The van der Waals surface area contributed by atoms with E-state index in [-0.39, 0.29) is 45.5 Å². The summed E-state index contributed by atoms with van der Waals surface area (Å²) in [4.78, 5) is 35.5. The van der Waals surface area contributed by atoms with E-state index in [0.717, 1.165) is 6.07 Å². The molecule has 2 N–H and O–H groups in total. The van der Waals surface area contributed by atoms with E-state index in [2.05, 4.69) is 20.6 Å². The van der Waals surface area contributed by atoms with E-state index in [1.54, 1.807) is 6.26 Å². The molecule has 0 bridgehead atoms. The second-order valence-electron chi connectivity index (χ2n) is 8.51. The van der Waals surface area contributed by atoms with Crippen LogP contribution in [0, 0.1) is 11.6 Å². The van der Waals surface area contributed by atoms with Crippen molar-refractivity contribution in [3.05, 3.63) is 83.8 Å². The number of thioether (sulfide) groups is 1. The van der Waals surface area contributed by atoms with E-state index in [9.17, 15) is 18.4 Å². The zero-order chi connectivity index (χ0) is 27.9. The molecule has 0 saturated heterocycles. The smallest absolute Gasteiger partial charge is 0.278 e. The number of nitrogens with one attached hydrogen (secondary N) is 2. The molecule has 0 radical (unpaired) electrons. The van der Waals surface area contributed by atoms with Gasteiger partial charge >= 0.3 is 0 Å². The van der Waals surface area contributed by atoms with Crippen LogP contribution in [-0.2, 0) is 0 Å². The van der Waals surface area contributed by atoms with Crippen molar-refractivity contribution >= 4 is 29.3 Å². The van der Waals surface area contributed by atoms with Crippen LogP contribution in [0.2, 0.25) is 0 Å². The van der Waals surface area contributed by atoms with Gasteiger partial charge < -0.3 is 24.7 Å². The molecule has 202 valence electrons. The van der Waals surface area contributed by atoms with Crippen molar-refractivity contribution in [3.63, 3.8) is 0 Å². The summed E-state index contributed by atoms with van der Waals surface area (Å²) in [7, 11) is 3.79. The molecule has 0 aliphatic rings. The van der Waals surface area contributed by atoms with Gasteiger partial charge in [0.15, 0.2) is 23.0 Å². The normalized spacial score (nSPS) is 10.9. The Bertz CT molecular complexity index is 1480. The summed E-state index contributed by atoms with van der Waals surface area (Å²) in [5.74, 6) is -1.92. The predicted molar refractivity (Wildman–Crippen MR) is 143 cm³/mol. The van der Waals surface area contributed by atoms with E-state index >= 15 is 0 Å². The van der Waals surface area contributed by atoms with Crippen LogP contribution in [0.5, 0.6) is 11.5 Å². The highest BCUT2D eigenvalue weighted by atomic mass is 32.2. The largest absolute Gasteiger partial charge is 0.454 e. The number of hydrogen-bond acceptors (Lipinski definition) is 8. The van der Waals surface area contributed by atoms with E-state index < -0.39 is 17.5 Å². The van der Waals surface area contributed by atoms with Gasteiger partial charge in [-0.25, -0.2) is 8.78 Å². The minimum Gasteiger partial charge on any atom is -0.454 e. The Morgan fingerprint density at radius 1 is 1.05 bits per heavy atom. The Labute approximate surface area is 227 Å². The van der Waals surface area contributed by atoms with Crippen molar-refractivity contribution in [2.75, 3.05) is 38.8 Å². The standard InChI is InChI=1S/C27H25F2N5O4S/c1-34(2)13-12-31-25(35)21-15-19(10-11-30-21)37-22-9-8-18(14-20(22)29)32-26(36)23-24(38-27(33-23)39-3)16-4-6-17(28)7-5-16/h4-11,14-15H,12-13H2,1-3H3,(H,31,35)(H,32,36). The maximum atomic E-state index is 14.9. The molecule has 0 unspecified atom stereocenters. The third-order valence-electron chi connectivity index (χ3n) is 5.33. The zero-order valence-corrected chi connectivity index (χ0v) is 22.1. The summed E-state index contributed by atoms with van der Waals surface area (Å²) in [6.45, 7) is 1.11. The van der Waals surface area contributed by atoms with E-state index in [0.29, 0.717) is 18.7 Å². The van der Waals surface area contributed by atoms with Gasteiger partial charge in [0.25, 0.3) is 17.0 Å². The molecule has 0 saturated carbocycles. The molecule has 12 heteroatoms. The average Bonchev–Trinajstić information content (AvgIpc) is 3.35. The zero-order valence-electron chi connectivity index (χ0n) is 21.3. The van der Waals surface area contributed by atoms with Crippen LogP contribution in [0.1, 0.15) is 21.0 Å². The Balaban J connectivity index is 1.46. The number of amides is 2. The molecule has 2 amide bonds. The Morgan fingerprint density at radius 3 is 2.51 bits per heavy atom. The Morgan fingerprint density at radius 2 is 1.82 bits per heavy atom. The SMILES string of the molecule is CSc1nc(C(=O)Nc2ccc(Oc3ccnc(C(=O)NCCN(C)C)c3)c(F)c2)c(-c2ccc(F)cc2)o1. The molecule has 39 heavy (non-hydrogen) atoms. The first-order valence-corrected chi connectivity index (χ1v) is 12.9. The molecule has 4 rings (SSSR count). The monoisotopic (exact) mass is 553 g/mol. The first-order chi connectivity index (χ1) is 18.7. The topological polar surface area (TPSA) is 110 Å². The fraction of sp³-hybridized carbons (Fsp3) is 0.185. The lowest BCUT2D eigenvalue weighted by atomic mass is 10.1. The molecule has 2 heterocycles. The van der Waals surface area contributed by atoms with Crippen molar-refractivity contribution in [2.45, 2.75) is 5.22 Å². The number of anilines is 1. The summed E-state index contributed by atoms with van der Waals surface area (Å²) in [6.07, 6.45) is 3.13. The maximum Gasteiger partial charge on any atom is 0.278 e. The third kappa shape index (κ3) is 7.18. The highest BCUT2D eigenvalue weighted by molar-refractivity contribution is 7.98. The third-order valence-corrected chi connectivity index (χ3v) is 5.85. The molecule has 4 aromatic rings. The minimum atomic E-state index is -0.745. The molecular formula is C27H25F2N5O4S. The molecule has 9 nitrogen and oxygen atoms in total. The average molecular weight is 554 g/mol. The second-order valence-corrected chi connectivity index (χ2v) is 9.26. The van der Waals surface area contributed by atoms with Crippen LogP contribution in [0.15, 0.2) is 70.4 Å². The van der Waals surface area contributed by atoms with Crippen molar-refractivity contribution in [1.29, 1.82) is 0 Å². The van der Waals surface area contributed by atoms with Crippen LogP contribution in [0.25, 0.3) is 11.3 Å². The highest BCUT2D eigenvalue weighted by Gasteiger charge is 2.22. The number of ether oxygens (including phenoxy) is 1. The maximum absolute atomic E-state index is 14.9. The van der Waals surface area contributed by atoms with Crippen LogP contribution in [0.4, 0.5) is 14.5 Å². The molecule has 0 spiro atoms. The van der Waals surface area contributed by atoms with E-state index in [1.165, 1.54) is 66.5 Å².